The topological polar surface area (TPSA) is 109 Å². The lowest BCUT2D eigenvalue weighted by Crippen LogP contribution is -1.88. The molecule has 5 aromatic heterocycles. The zero-order valence-electron chi connectivity index (χ0n) is 16.8. The first kappa shape index (κ1) is 18.3. The summed E-state index contributed by atoms with van der Waals surface area (Å²) in [5.41, 5.74) is 6.49. The number of hydrogen-bond acceptors (Lipinski definition) is 6. The summed E-state index contributed by atoms with van der Waals surface area (Å²) in [6.45, 7) is 1.86. The highest BCUT2D eigenvalue weighted by Crippen LogP contribution is 2.32. The van der Waals surface area contributed by atoms with Crippen LogP contribution in [0.1, 0.15) is 5.56 Å². The Morgan fingerprint density at radius 1 is 0.844 bits per heavy atom. The predicted octanol–water partition coefficient (Wildman–Crippen LogP) is 4.47. The summed E-state index contributed by atoms with van der Waals surface area (Å²) >= 11 is 0. The summed E-state index contributed by atoms with van der Waals surface area (Å²) in [5.74, 6) is 0.278. The van der Waals surface area contributed by atoms with Crippen molar-refractivity contribution in [3.8, 4) is 34.0 Å². The van der Waals surface area contributed by atoms with E-state index < -0.39 is 0 Å². The first-order valence-electron chi connectivity index (χ1n) is 9.88. The van der Waals surface area contributed by atoms with Crippen LogP contribution < -0.4 is 0 Å². The lowest BCUT2D eigenvalue weighted by molar-refractivity contribution is 0.627. The summed E-state index contributed by atoms with van der Waals surface area (Å²) in [6, 6.07) is 6.79. The molecule has 0 aliphatic heterocycles. The molecular formula is C23H15FN8. The molecule has 0 amide bonds. The molecule has 0 saturated heterocycles. The van der Waals surface area contributed by atoms with Gasteiger partial charge in [0.2, 0.25) is 0 Å². The third-order valence-corrected chi connectivity index (χ3v) is 5.24. The van der Waals surface area contributed by atoms with E-state index in [4.69, 9.17) is 4.98 Å². The SMILES string of the molecule is Cc1cc(F)cc(-c2cncc3[nH]c(-c4n[nH]c5cnc(-c6cnccn6)cc45)nc23)c1. The van der Waals surface area contributed by atoms with Crippen LogP contribution in [0, 0.1) is 12.7 Å². The Morgan fingerprint density at radius 3 is 2.62 bits per heavy atom. The second kappa shape index (κ2) is 7.02. The van der Waals surface area contributed by atoms with E-state index in [9.17, 15) is 4.39 Å². The van der Waals surface area contributed by atoms with Gasteiger partial charge in [0.1, 0.15) is 17.2 Å². The molecule has 0 fully saturated rings. The van der Waals surface area contributed by atoms with Gasteiger partial charge >= 0.3 is 0 Å². The molecule has 0 spiro atoms. The van der Waals surface area contributed by atoms with Crippen molar-refractivity contribution in [2.45, 2.75) is 6.92 Å². The van der Waals surface area contributed by atoms with Gasteiger partial charge in [-0.25, -0.2) is 9.37 Å². The maximum Gasteiger partial charge on any atom is 0.159 e. The van der Waals surface area contributed by atoms with Crippen molar-refractivity contribution in [1.82, 2.24) is 40.1 Å². The number of fused-ring (bicyclic) bond motifs is 2. The molecule has 2 N–H and O–H groups in total. The van der Waals surface area contributed by atoms with Gasteiger partial charge in [-0.1, -0.05) is 6.07 Å². The molecule has 0 radical (unpaired) electrons. The van der Waals surface area contributed by atoms with Crippen LogP contribution in [0.15, 0.2) is 61.4 Å². The standard InChI is InChI=1S/C23H15FN8/c1-12-4-13(6-14(24)5-12)16-8-26-10-20-21(16)30-23(29-20)22-15-7-17(19-9-25-2-3-27-19)28-11-18(15)31-32-22/h2-11H,1H3,(H,29,30)(H,31,32). The van der Waals surface area contributed by atoms with Gasteiger partial charge in [-0.3, -0.25) is 25.0 Å². The zero-order valence-corrected chi connectivity index (χ0v) is 16.8. The van der Waals surface area contributed by atoms with Gasteiger partial charge in [0.15, 0.2) is 5.82 Å². The van der Waals surface area contributed by atoms with Crippen molar-refractivity contribution >= 4 is 21.9 Å². The van der Waals surface area contributed by atoms with Crippen molar-refractivity contribution in [2.75, 3.05) is 0 Å². The van der Waals surface area contributed by atoms with Crippen LogP contribution in [0.25, 0.3) is 56.0 Å². The summed E-state index contributed by atoms with van der Waals surface area (Å²) in [7, 11) is 0. The van der Waals surface area contributed by atoms with E-state index in [1.807, 2.05) is 19.1 Å². The smallest absolute Gasteiger partial charge is 0.159 e. The monoisotopic (exact) mass is 422 g/mol. The number of aryl methyl sites for hydroxylation is 1. The molecule has 5 heterocycles. The van der Waals surface area contributed by atoms with E-state index in [2.05, 4.69) is 35.1 Å². The number of H-pyrrole nitrogens is 2. The quantitative estimate of drug-likeness (QED) is 0.436. The highest BCUT2D eigenvalue weighted by atomic mass is 19.1. The first-order valence-corrected chi connectivity index (χ1v) is 9.88. The number of aromatic amines is 2. The van der Waals surface area contributed by atoms with Crippen LogP contribution in [0.4, 0.5) is 4.39 Å². The van der Waals surface area contributed by atoms with E-state index in [0.717, 1.165) is 33.1 Å². The summed E-state index contributed by atoms with van der Waals surface area (Å²) in [5, 5.41) is 8.29. The Bertz CT molecular complexity index is 1580. The van der Waals surface area contributed by atoms with E-state index in [1.165, 1.54) is 12.1 Å². The number of nitrogens with one attached hydrogen (secondary N) is 2. The molecule has 0 unspecified atom stereocenters. The minimum absolute atomic E-state index is 0.296. The summed E-state index contributed by atoms with van der Waals surface area (Å²) in [6.07, 6.45) is 10.0. The second-order valence-corrected chi connectivity index (χ2v) is 7.46. The van der Waals surface area contributed by atoms with Gasteiger partial charge in [0.05, 0.1) is 40.8 Å². The molecule has 9 heteroatoms. The van der Waals surface area contributed by atoms with Crippen LogP contribution in [-0.2, 0) is 0 Å². The Kier molecular flexibility index (Phi) is 4.00. The number of hydrogen-bond donors (Lipinski definition) is 2. The fourth-order valence-electron chi connectivity index (χ4n) is 3.82. The van der Waals surface area contributed by atoms with Gasteiger partial charge in [0, 0.05) is 29.5 Å². The normalized spacial score (nSPS) is 11.4. The Hall–Kier alpha value is -4.53. The molecule has 0 aliphatic carbocycles. The number of nitrogens with zero attached hydrogens (tertiary/aromatic N) is 6. The second-order valence-electron chi connectivity index (χ2n) is 7.46. The molecule has 32 heavy (non-hydrogen) atoms. The third-order valence-electron chi connectivity index (χ3n) is 5.24. The van der Waals surface area contributed by atoms with Crippen molar-refractivity contribution in [2.24, 2.45) is 0 Å². The minimum Gasteiger partial charge on any atom is -0.335 e. The number of imidazole rings is 1. The fraction of sp³-hybridized carbons (Fsp3) is 0.0435. The van der Waals surface area contributed by atoms with Crippen LogP contribution in [-0.4, -0.2) is 40.1 Å². The van der Waals surface area contributed by atoms with Crippen molar-refractivity contribution in [3.63, 3.8) is 0 Å². The average Bonchev–Trinajstić information content (AvgIpc) is 3.42. The number of halogens is 1. The number of aromatic nitrogens is 8. The molecule has 0 saturated carbocycles. The van der Waals surface area contributed by atoms with E-state index >= 15 is 0 Å². The van der Waals surface area contributed by atoms with Gasteiger partial charge in [-0.2, -0.15) is 5.10 Å². The van der Waals surface area contributed by atoms with Crippen LogP contribution >= 0.6 is 0 Å². The summed E-state index contributed by atoms with van der Waals surface area (Å²) in [4.78, 5) is 25.3. The maximum absolute atomic E-state index is 14.0. The molecule has 1 aromatic carbocycles. The molecule has 0 atom stereocenters. The van der Waals surface area contributed by atoms with Gasteiger partial charge in [-0.15, -0.1) is 0 Å². The number of benzene rings is 1. The minimum atomic E-state index is -0.296. The predicted molar refractivity (Wildman–Crippen MR) is 118 cm³/mol. The van der Waals surface area contributed by atoms with E-state index in [1.54, 1.807) is 37.2 Å². The average molecular weight is 422 g/mol. The number of pyridine rings is 2. The first-order chi connectivity index (χ1) is 15.7. The Labute approximate surface area is 180 Å². The zero-order chi connectivity index (χ0) is 21.7. The molecule has 0 aliphatic rings. The van der Waals surface area contributed by atoms with E-state index in [0.29, 0.717) is 28.4 Å². The fourth-order valence-corrected chi connectivity index (χ4v) is 3.82. The lowest BCUT2D eigenvalue weighted by atomic mass is 10.0. The molecular weight excluding hydrogens is 407 g/mol. The molecule has 6 rings (SSSR count). The van der Waals surface area contributed by atoms with Crippen LogP contribution in [0.5, 0.6) is 0 Å². The molecule has 154 valence electrons. The third kappa shape index (κ3) is 2.99. The van der Waals surface area contributed by atoms with Crippen molar-refractivity contribution in [3.05, 3.63) is 72.8 Å². The van der Waals surface area contributed by atoms with Crippen molar-refractivity contribution in [1.29, 1.82) is 0 Å². The summed E-state index contributed by atoms with van der Waals surface area (Å²) < 4.78 is 14.0. The Balaban J connectivity index is 1.52. The van der Waals surface area contributed by atoms with Crippen LogP contribution in [0.2, 0.25) is 0 Å². The highest BCUT2D eigenvalue weighted by Gasteiger charge is 2.17. The number of rotatable bonds is 3. The van der Waals surface area contributed by atoms with Gasteiger partial charge < -0.3 is 4.98 Å². The van der Waals surface area contributed by atoms with Gasteiger partial charge in [-0.05, 0) is 36.2 Å². The van der Waals surface area contributed by atoms with Gasteiger partial charge in [0.25, 0.3) is 0 Å². The van der Waals surface area contributed by atoms with Crippen molar-refractivity contribution < 1.29 is 4.39 Å². The maximum atomic E-state index is 14.0. The molecule has 8 nitrogen and oxygen atoms in total. The molecule has 0 bridgehead atoms. The lowest BCUT2D eigenvalue weighted by Gasteiger charge is -2.04. The largest absolute Gasteiger partial charge is 0.335 e. The molecule has 6 aromatic rings. The van der Waals surface area contributed by atoms with E-state index in [-0.39, 0.29) is 5.82 Å². The van der Waals surface area contributed by atoms with Crippen LogP contribution in [0.3, 0.4) is 0 Å². The highest BCUT2D eigenvalue weighted by molar-refractivity contribution is 5.97. The Morgan fingerprint density at radius 2 is 1.78 bits per heavy atom.